The Morgan fingerprint density at radius 2 is 2.04 bits per heavy atom. The molecule has 1 aliphatic heterocycles. The minimum Gasteiger partial charge on any atom is -0.497 e. The molecule has 1 aliphatic rings. The number of nitrogens with one attached hydrogen (secondary N) is 1. The van der Waals surface area contributed by atoms with E-state index in [2.05, 4.69) is 10.2 Å². The van der Waals surface area contributed by atoms with Crippen LogP contribution in [0, 0.1) is 0 Å². The highest BCUT2D eigenvalue weighted by Gasteiger charge is 2.29. The molecule has 0 fully saturated rings. The molecule has 2 heterocycles. The van der Waals surface area contributed by atoms with Crippen molar-refractivity contribution in [3.05, 3.63) is 39.8 Å². The molecule has 8 heteroatoms. The lowest BCUT2D eigenvalue weighted by Crippen LogP contribution is -2.26. The SMILES string of the molecule is CCOC(=O)c1c(NC(=O)c2ccc(OC)cc2OC)sc2c1CCN(C)C2. The van der Waals surface area contributed by atoms with Crippen molar-refractivity contribution in [2.45, 2.75) is 19.9 Å². The Labute approximate surface area is 168 Å². The van der Waals surface area contributed by atoms with E-state index >= 15 is 0 Å². The summed E-state index contributed by atoms with van der Waals surface area (Å²) in [6.07, 6.45) is 0.748. The fraction of sp³-hybridized carbons (Fsp3) is 0.400. The zero-order chi connectivity index (χ0) is 20.3. The molecule has 1 aromatic carbocycles. The number of amides is 1. The second-order valence-electron chi connectivity index (χ2n) is 6.44. The number of fused-ring (bicyclic) bond motifs is 1. The maximum atomic E-state index is 12.9. The molecule has 7 nitrogen and oxygen atoms in total. The molecule has 0 bridgehead atoms. The fourth-order valence-corrected chi connectivity index (χ4v) is 4.51. The minimum atomic E-state index is -0.401. The van der Waals surface area contributed by atoms with Gasteiger partial charge in [-0.3, -0.25) is 4.79 Å². The topological polar surface area (TPSA) is 77.1 Å². The number of esters is 1. The predicted octanol–water partition coefficient (Wildman–Crippen LogP) is 3.18. The molecule has 28 heavy (non-hydrogen) atoms. The summed E-state index contributed by atoms with van der Waals surface area (Å²) in [7, 11) is 5.08. The minimum absolute atomic E-state index is 0.281. The first-order valence-electron chi connectivity index (χ1n) is 9.02. The summed E-state index contributed by atoms with van der Waals surface area (Å²) in [4.78, 5) is 28.8. The van der Waals surface area contributed by atoms with Crippen LogP contribution in [0.4, 0.5) is 5.00 Å². The van der Waals surface area contributed by atoms with Crippen molar-refractivity contribution in [3.63, 3.8) is 0 Å². The van der Waals surface area contributed by atoms with Gasteiger partial charge in [0.05, 0.1) is 32.0 Å². The maximum Gasteiger partial charge on any atom is 0.341 e. The number of carbonyl (C=O) groups excluding carboxylic acids is 2. The Balaban J connectivity index is 1.95. The van der Waals surface area contributed by atoms with Crippen molar-refractivity contribution in [2.24, 2.45) is 0 Å². The molecule has 0 aliphatic carbocycles. The van der Waals surface area contributed by atoms with Gasteiger partial charge in [-0.15, -0.1) is 11.3 Å². The lowest BCUT2D eigenvalue weighted by Gasteiger charge is -2.22. The third-order valence-corrected chi connectivity index (χ3v) is 5.74. The first-order chi connectivity index (χ1) is 13.5. The van der Waals surface area contributed by atoms with Gasteiger partial charge in [-0.2, -0.15) is 0 Å². The van der Waals surface area contributed by atoms with E-state index in [1.807, 2.05) is 7.05 Å². The number of anilines is 1. The second kappa shape index (κ2) is 8.62. The van der Waals surface area contributed by atoms with Gasteiger partial charge in [0.25, 0.3) is 5.91 Å². The molecular weight excluding hydrogens is 380 g/mol. The van der Waals surface area contributed by atoms with Gasteiger partial charge in [0.1, 0.15) is 16.5 Å². The Hall–Kier alpha value is -2.58. The van der Waals surface area contributed by atoms with Gasteiger partial charge in [-0.25, -0.2) is 4.79 Å². The molecule has 1 amide bonds. The van der Waals surface area contributed by atoms with Crippen molar-refractivity contribution in [1.29, 1.82) is 0 Å². The van der Waals surface area contributed by atoms with Crippen LogP contribution in [0.5, 0.6) is 11.5 Å². The number of hydrogen-bond donors (Lipinski definition) is 1. The normalized spacial score (nSPS) is 13.6. The summed E-state index contributed by atoms with van der Waals surface area (Å²) < 4.78 is 15.7. The highest BCUT2D eigenvalue weighted by molar-refractivity contribution is 7.17. The second-order valence-corrected chi connectivity index (χ2v) is 7.54. The van der Waals surface area contributed by atoms with E-state index in [1.165, 1.54) is 18.4 Å². The van der Waals surface area contributed by atoms with Gasteiger partial charge in [0.2, 0.25) is 0 Å². The Bertz CT molecular complexity index is 893. The van der Waals surface area contributed by atoms with Crippen molar-refractivity contribution in [3.8, 4) is 11.5 Å². The Morgan fingerprint density at radius 3 is 2.71 bits per heavy atom. The van der Waals surface area contributed by atoms with Crippen LogP contribution in [0.1, 0.15) is 38.1 Å². The monoisotopic (exact) mass is 404 g/mol. The van der Waals surface area contributed by atoms with Crippen LogP contribution in [0.25, 0.3) is 0 Å². The highest BCUT2D eigenvalue weighted by atomic mass is 32.1. The number of hydrogen-bond acceptors (Lipinski definition) is 7. The first-order valence-corrected chi connectivity index (χ1v) is 9.83. The third kappa shape index (κ3) is 3.98. The molecule has 0 saturated carbocycles. The van der Waals surface area contributed by atoms with Gasteiger partial charge in [0, 0.05) is 24.0 Å². The third-order valence-electron chi connectivity index (χ3n) is 4.61. The van der Waals surface area contributed by atoms with Crippen LogP contribution in [0.15, 0.2) is 18.2 Å². The number of likely N-dealkylation sites (N-methyl/N-ethyl adjacent to an activating group) is 1. The van der Waals surface area contributed by atoms with Crippen LogP contribution in [-0.4, -0.2) is 51.2 Å². The summed E-state index contributed by atoms with van der Waals surface area (Å²) >= 11 is 1.42. The number of ether oxygens (including phenoxy) is 3. The van der Waals surface area contributed by atoms with E-state index in [9.17, 15) is 9.59 Å². The van der Waals surface area contributed by atoms with Crippen molar-refractivity contribution in [1.82, 2.24) is 4.90 Å². The van der Waals surface area contributed by atoms with Gasteiger partial charge in [-0.05, 0) is 38.1 Å². The number of rotatable bonds is 6. The summed E-state index contributed by atoms with van der Waals surface area (Å²) in [5.74, 6) is 0.240. The van der Waals surface area contributed by atoms with Crippen LogP contribution in [-0.2, 0) is 17.7 Å². The van der Waals surface area contributed by atoms with Gasteiger partial charge < -0.3 is 24.4 Å². The smallest absolute Gasteiger partial charge is 0.341 e. The number of benzene rings is 1. The fourth-order valence-electron chi connectivity index (χ4n) is 3.20. The van der Waals surface area contributed by atoms with E-state index in [-0.39, 0.29) is 12.5 Å². The average Bonchev–Trinajstić information content (AvgIpc) is 3.04. The number of thiophene rings is 1. The lowest BCUT2D eigenvalue weighted by atomic mass is 10.0. The summed E-state index contributed by atoms with van der Waals surface area (Å²) in [6.45, 7) is 3.65. The summed E-state index contributed by atoms with van der Waals surface area (Å²) in [5, 5.41) is 3.41. The zero-order valence-corrected chi connectivity index (χ0v) is 17.3. The van der Waals surface area contributed by atoms with Crippen LogP contribution >= 0.6 is 11.3 Å². The zero-order valence-electron chi connectivity index (χ0n) is 16.5. The lowest BCUT2D eigenvalue weighted by molar-refractivity contribution is 0.0526. The Morgan fingerprint density at radius 1 is 1.25 bits per heavy atom. The Kier molecular flexibility index (Phi) is 6.21. The van der Waals surface area contributed by atoms with Crippen LogP contribution in [0.3, 0.4) is 0 Å². The highest BCUT2D eigenvalue weighted by Crippen LogP contribution is 2.38. The van der Waals surface area contributed by atoms with Gasteiger partial charge in [-0.1, -0.05) is 0 Å². The number of nitrogens with zero attached hydrogens (tertiary/aromatic N) is 1. The molecular formula is C20H24N2O5S. The molecule has 1 N–H and O–H groups in total. The number of carbonyl (C=O) groups is 2. The standard InChI is InChI=1S/C20H24N2O5S/c1-5-27-20(24)17-14-8-9-22(2)11-16(14)28-19(17)21-18(23)13-7-6-12(25-3)10-15(13)26-4/h6-7,10H,5,8-9,11H2,1-4H3,(H,21,23). The van der Waals surface area contributed by atoms with Crippen molar-refractivity contribution < 1.29 is 23.8 Å². The molecule has 1 aromatic heterocycles. The van der Waals surface area contributed by atoms with E-state index in [1.54, 1.807) is 32.2 Å². The van der Waals surface area contributed by atoms with Crippen LogP contribution in [0.2, 0.25) is 0 Å². The first kappa shape index (κ1) is 20.2. The van der Waals surface area contributed by atoms with Crippen molar-refractivity contribution in [2.75, 3.05) is 39.7 Å². The molecule has 0 saturated heterocycles. The van der Waals surface area contributed by atoms with E-state index in [0.717, 1.165) is 30.0 Å². The quantitative estimate of drug-likeness (QED) is 0.745. The molecule has 0 unspecified atom stereocenters. The molecule has 2 aromatic rings. The van der Waals surface area contributed by atoms with E-state index in [4.69, 9.17) is 14.2 Å². The van der Waals surface area contributed by atoms with Gasteiger partial charge >= 0.3 is 5.97 Å². The molecule has 0 spiro atoms. The molecule has 3 rings (SSSR count). The van der Waals surface area contributed by atoms with Crippen molar-refractivity contribution >= 4 is 28.2 Å². The average molecular weight is 404 g/mol. The number of methoxy groups -OCH3 is 2. The molecule has 0 radical (unpaired) electrons. The van der Waals surface area contributed by atoms with Crippen LogP contribution < -0.4 is 14.8 Å². The summed E-state index contributed by atoms with van der Waals surface area (Å²) in [5.41, 5.74) is 1.80. The molecule has 150 valence electrons. The molecule has 0 atom stereocenters. The van der Waals surface area contributed by atoms with Gasteiger partial charge in [0.15, 0.2) is 0 Å². The summed E-state index contributed by atoms with van der Waals surface area (Å²) in [6, 6.07) is 4.98. The maximum absolute atomic E-state index is 12.9. The van der Waals surface area contributed by atoms with E-state index in [0.29, 0.717) is 27.6 Å². The largest absolute Gasteiger partial charge is 0.497 e. The van der Waals surface area contributed by atoms with E-state index < -0.39 is 5.97 Å². The predicted molar refractivity (Wildman–Crippen MR) is 108 cm³/mol.